The maximum Gasteiger partial charge on any atom is 0.343 e. The predicted octanol–water partition coefficient (Wildman–Crippen LogP) is 5.20. The lowest BCUT2D eigenvalue weighted by atomic mass is 10.1. The summed E-state index contributed by atoms with van der Waals surface area (Å²) >= 11 is 0. The van der Waals surface area contributed by atoms with Crippen molar-refractivity contribution in [3.8, 4) is 17.0 Å². The number of benzene rings is 2. The van der Waals surface area contributed by atoms with Crippen molar-refractivity contribution < 1.29 is 19.1 Å². The second-order valence-corrected chi connectivity index (χ2v) is 11.7. The highest BCUT2D eigenvalue weighted by molar-refractivity contribution is 6.02. The molecule has 5 rings (SSSR count). The molecule has 1 saturated heterocycles. The maximum atomic E-state index is 13.1. The van der Waals surface area contributed by atoms with Crippen molar-refractivity contribution in [2.75, 3.05) is 55.1 Å². The molecule has 4 aromatic rings. The van der Waals surface area contributed by atoms with Crippen LogP contribution in [-0.2, 0) is 16.6 Å². The van der Waals surface area contributed by atoms with Gasteiger partial charge in [-0.1, -0.05) is 24.8 Å². The van der Waals surface area contributed by atoms with Gasteiger partial charge in [0.1, 0.15) is 11.3 Å². The van der Waals surface area contributed by atoms with Crippen LogP contribution in [0.15, 0.2) is 67.5 Å². The summed E-state index contributed by atoms with van der Waals surface area (Å²) in [6.45, 7) is 8.79. The molecular weight excluding hydrogens is 598 g/mol. The van der Waals surface area contributed by atoms with Gasteiger partial charge in [-0.15, -0.1) is 0 Å². The van der Waals surface area contributed by atoms with Gasteiger partial charge in [0.25, 0.3) is 0 Å². The highest BCUT2D eigenvalue weighted by Gasteiger charge is 2.27. The van der Waals surface area contributed by atoms with Crippen LogP contribution in [-0.4, -0.2) is 83.0 Å². The molecule has 0 bridgehead atoms. The van der Waals surface area contributed by atoms with Crippen LogP contribution in [0.25, 0.3) is 11.3 Å². The van der Waals surface area contributed by atoms with Crippen LogP contribution in [0.3, 0.4) is 0 Å². The fourth-order valence-electron chi connectivity index (χ4n) is 5.35. The highest BCUT2D eigenvalue weighted by Crippen LogP contribution is 2.40. The molecule has 2 aromatic heterocycles. The number of likely N-dealkylation sites (N-methyl/N-ethyl adjacent to an activating group) is 1. The van der Waals surface area contributed by atoms with E-state index in [1.807, 2.05) is 49.6 Å². The van der Waals surface area contributed by atoms with Crippen molar-refractivity contribution in [3.05, 3.63) is 73.1 Å². The van der Waals surface area contributed by atoms with E-state index in [9.17, 15) is 9.59 Å². The minimum atomic E-state index is -0.567. The molecule has 13 nitrogen and oxygen atoms in total. The fourth-order valence-corrected chi connectivity index (χ4v) is 5.35. The summed E-state index contributed by atoms with van der Waals surface area (Å²) in [4.78, 5) is 39.2. The molecule has 3 heterocycles. The number of nitrogens with one attached hydrogen (secondary N) is 3. The Hall–Kier alpha value is -5.43. The first-order chi connectivity index (χ1) is 22.6. The van der Waals surface area contributed by atoms with Gasteiger partial charge in [0.2, 0.25) is 11.9 Å². The number of aromatic nitrogens is 4. The second kappa shape index (κ2) is 14.3. The minimum absolute atomic E-state index is 0.158. The number of methoxy groups -OCH3 is 1. The normalized spacial score (nSPS) is 14.3. The van der Waals surface area contributed by atoms with Crippen molar-refractivity contribution in [2.24, 2.45) is 7.05 Å². The summed E-state index contributed by atoms with van der Waals surface area (Å²) in [7, 11) is 7.56. The van der Waals surface area contributed by atoms with Gasteiger partial charge in [-0.2, -0.15) is 10.1 Å². The molecule has 1 amide bonds. The fraction of sp³-hybridized carbons (Fsp3) is 0.324. The van der Waals surface area contributed by atoms with Crippen LogP contribution >= 0.6 is 0 Å². The number of carbonyl (C=O) groups is 2. The molecular formula is C34H41N9O4. The van der Waals surface area contributed by atoms with E-state index >= 15 is 0 Å². The molecule has 47 heavy (non-hydrogen) atoms. The summed E-state index contributed by atoms with van der Waals surface area (Å²) in [5.41, 5.74) is 4.34. The molecule has 0 radical (unpaired) electrons. The Morgan fingerprint density at radius 1 is 1.11 bits per heavy atom. The first kappa shape index (κ1) is 32.9. The number of nitrogens with zero attached hydrogens (tertiary/aromatic N) is 6. The molecule has 1 fully saturated rings. The third-order valence-corrected chi connectivity index (χ3v) is 7.76. The smallest absolute Gasteiger partial charge is 0.343 e. The number of aryl methyl sites for hydroxylation is 1. The summed E-state index contributed by atoms with van der Waals surface area (Å²) in [5, 5.41) is 14.0. The molecule has 1 aliphatic rings. The number of rotatable bonds is 12. The quantitative estimate of drug-likeness (QED) is 0.139. The largest absolute Gasteiger partial charge is 0.494 e. The zero-order valence-electron chi connectivity index (χ0n) is 27.6. The first-order valence-electron chi connectivity index (χ1n) is 15.3. The van der Waals surface area contributed by atoms with Crippen molar-refractivity contribution in [1.82, 2.24) is 24.6 Å². The van der Waals surface area contributed by atoms with E-state index in [0.717, 1.165) is 36.5 Å². The van der Waals surface area contributed by atoms with Crippen LogP contribution in [0.2, 0.25) is 0 Å². The summed E-state index contributed by atoms with van der Waals surface area (Å²) in [6, 6.07) is 13.6. The van der Waals surface area contributed by atoms with E-state index in [-0.39, 0.29) is 29.3 Å². The van der Waals surface area contributed by atoms with Gasteiger partial charge in [0, 0.05) is 55.9 Å². The Morgan fingerprint density at radius 2 is 1.89 bits per heavy atom. The van der Waals surface area contributed by atoms with Crippen LogP contribution in [0.1, 0.15) is 30.6 Å². The Bertz CT molecular complexity index is 1770. The monoisotopic (exact) mass is 639 g/mol. The number of anilines is 6. The summed E-state index contributed by atoms with van der Waals surface area (Å²) < 4.78 is 13.0. The van der Waals surface area contributed by atoms with Crippen molar-refractivity contribution in [1.29, 1.82) is 0 Å². The van der Waals surface area contributed by atoms with E-state index in [0.29, 0.717) is 28.9 Å². The lowest BCUT2D eigenvalue weighted by Crippen LogP contribution is -2.31. The summed E-state index contributed by atoms with van der Waals surface area (Å²) in [5.74, 6) is 0.0334. The zero-order chi connectivity index (χ0) is 33.7. The van der Waals surface area contributed by atoms with Crippen LogP contribution < -0.4 is 25.6 Å². The van der Waals surface area contributed by atoms with E-state index in [4.69, 9.17) is 14.5 Å². The molecule has 1 aliphatic heterocycles. The van der Waals surface area contributed by atoms with Gasteiger partial charge in [-0.25, -0.2) is 9.78 Å². The van der Waals surface area contributed by atoms with E-state index in [2.05, 4.69) is 56.5 Å². The standard InChI is InChI=1S/C34H41N9O4/c1-8-31(44)36-27-17-28(30(46-7)18-29(27)43-16-13-22(20-43)41(4)5)38-34-35-19-24(33(45)47-21(2)3)32(39-34)37-25-12-10-9-11-23(25)26-14-15-42(6)40-26/h8-12,14-15,17-19,21-22H,1,13,16,20H2,2-7H3,(H,36,44)(H2,35,37,38,39)/t22-/m0/s1. The number of para-hydroxylation sites is 1. The average Bonchev–Trinajstić information content (AvgIpc) is 3.71. The lowest BCUT2D eigenvalue weighted by molar-refractivity contribution is -0.111. The lowest BCUT2D eigenvalue weighted by Gasteiger charge is -2.25. The molecule has 13 heteroatoms. The molecule has 0 aliphatic carbocycles. The van der Waals surface area contributed by atoms with Crippen LogP contribution in [0.4, 0.5) is 34.5 Å². The van der Waals surface area contributed by atoms with E-state index in [1.165, 1.54) is 12.3 Å². The third kappa shape index (κ3) is 7.69. The Morgan fingerprint density at radius 3 is 2.55 bits per heavy atom. The SMILES string of the molecule is C=CC(=O)Nc1cc(Nc2ncc(C(=O)OC(C)C)c(Nc3ccccc3-c3ccn(C)n3)n2)c(OC)cc1N1CC[C@H](N(C)C)C1. The topological polar surface area (TPSA) is 139 Å². The number of carbonyl (C=O) groups excluding carboxylic acids is 2. The van der Waals surface area contributed by atoms with Gasteiger partial charge >= 0.3 is 5.97 Å². The molecule has 0 unspecified atom stereocenters. The minimum Gasteiger partial charge on any atom is -0.494 e. The molecule has 1 atom stereocenters. The van der Waals surface area contributed by atoms with Gasteiger partial charge in [-0.05, 0) is 58.6 Å². The van der Waals surface area contributed by atoms with Gasteiger partial charge in [0.15, 0.2) is 5.82 Å². The maximum absolute atomic E-state index is 13.1. The number of hydrogen-bond acceptors (Lipinski definition) is 11. The Balaban J connectivity index is 1.53. The van der Waals surface area contributed by atoms with Crippen molar-refractivity contribution in [3.63, 3.8) is 0 Å². The predicted molar refractivity (Wildman–Crippen MR) is 184 cm³/mol. The molecule has 3 N–H and O–H groups in total. The molecule has 0 saturated carbocycles. The van der Waals surface area contributed by atoms with E-state index in [1.54, 1.807) is 31.7 Å². The Labute approximate surface area is 274 Å². The third-order valence-electron chi connectivity index (χ3n) is 7.76. The van der Waals surface area contributed by atoms with Crippen LogP contribution in [0.5, 0.6) is 5.75 Å². The van der Waals surface area contributed by atoms with E-state index < -0.39 is 5.97 Å². The number of ether oxygens (including phenoxy) is 2. The highest BCUT2D eigenvalue weighted by atomic mass is 16.5. The zero-order valence-corrected chi connectivity index (χ0v) is 27.6. The van der Waals surface area contributed by atoms with Crippen molar-refractivity contribution in [2.45, 2.75) is 32.4 Å². The van der Waals surface area contributed by atoms with Gasteiger partial charge < -0.3 is 35.2 Å². The average molecular weight is 640 g/mol. The Kier molecular flexibility index (Phi) is 10.0. The number of hydrogen-bond donors (Lipinski definition) is 3. The van der Waals surface area contributed by atoms with Crippen molar-refractivity contribution >= 4 is 46.4 Å². The van der Waals surface area contributed by atoms with Gasteiger partial charge in [-0.3, -0.25) is 9.48 Å². The molecule has 246 valence electrons. The molecule has 0 spiro atoms. The first-order valence-corrected chi connectivity index (χ1v) is 15.3. The van der Waals surface area contributed by atoms with Crippen LogP contribution in [0, 0.1) is 0 Å². The summed E-state index contributed by atoms with van der Waals surface area (Å²) in [6.07, 6.45) is 5.15. The molecule has 2 aromatic carbocycles. The number of esters is 1. The van der Waals surface area contributed by atoms with Gasteiger partial charge in [0.05, 0.1) is 36.0 Å². The number of amides is 1. The second-order valence-electron chi connectivity index (χ2n) is 11.7.